The maximum Gasteiger partial charge on any atom is 0.509 e. The number of cyclic esters (lactones) is 1. The Bertz CT molecular complexity index is 602. The fourth-order valence-electron chi connectivity index (χ4n) is 4.01. The molecular formula is C18H28O9. The first-order valence-electron chi connectivity index (χ1n) is 9.31. The topological polar surface area (TPSA) is 90.9 Å². The molecule has 4 heterocycles. The van der Waals surface area contributed by atoms with Gasteiger partial charge in [0.1, 0.15) is 24.4 Å². The Labute approximate surface area is 158 Å². The minimum Gasteiger partial charge on any atom is -0.426 e. The molecule has 9 heteroatoms. The van der Waals surface area contributed by atoms with Crippen molar-refractivity contribution in [3.63, 3.8) is 0 Å². The van der Waals surface area contributed by atoms with Crippen LogP contribution in [-0.2, 0) is 37.9 Å². The maximum atomic E-state index is 12.0. The molecule has 0 bridgehead atoms. The molecule has 0 amide bonds. The SMILES string of the molecule is CC1(C)OC[C@@H]2OC(=O)O[C@H]([C@H]3OC(C)(C)O[C@@H]3[C@H]3COC(C)(C)O3)[C@@H]2O1. The van der Waals surface area contributed by atoms with Gasteiger partial charge in [0, 0.05) is 0 Å². The quantitative estimate of drug-likeness (QED) is 0.656. The van der Waals surface area contributed by atoms with Gasteiger partial charge in [0.2, 0.25) is 0 Å². The van der Waals surface area contributed by atoms with Crippen molar-refractivity contribution >= 4 is 6.16 Å². The van der Waals surface area contributed by atoms with Crippen LogP contribution in [0.4, 0.5) is 4.79 Å². The smallest absolute Gasteiger partial charge is 0.426 e. The van der Waals surface area contributed by atoms with E-state index in [-0.39, 0.29) is 12.7 Å². The average molecular weight is 388 g/mol. The number of carbonyl (C=O) groups is 1. The zero-order valence-corrected chi connectivity index (χ0v) is 16.6. The minimum absolute atomic E-state index is 0.223. The molecule has 0 aromatic rings. The van der Waals surface area contributed by atoms with Crippen LogP contribution in [0.5, 0.6) is 0 Å². The second kappa shape index (κ2) is 6.27. The molecule has 0 saturated carbocycles. The molecule has 0 aromatic carbocycles. The standard InChI is InChI=1S/C18H28O9/c1-16(2)21-8-10(24-16)12-14(27-18(5,6)26-12)13-11-9(22-15(19)23-13)7-20-17(3,4)25-11/h9-14H,7-8H2,1-6H3/t9-,10+,11+,12+,13-,14-/m0/s1. The van der Waals surface area contributed by atoms with Crippen LogP contribution in [0.15, 0.2) is 0 Å². The summed E-state index contributed by atoms with van der Waals surface area (Å²) in [5.74, 6) is -2.41. The first-order valence-corrected chi connectivity index (χ1v) is 9.31. The molecule has 0 aromatic heterocycles. The van der Waals surface area contributed by atoms with Crippen LogP contribution in [0.2, 0.25) is 0 Å². The lowest BCUT2D eigenvalue weighted by molar-refractivity contribution is -0.340. The number of rotatable bonds is 2. The van der Waals surface area contributed by atoms with Gasteiger partial charge in [-0.3, -0.25) is 0 Å². The fraction of sp³-hybridized carbons (Fsp3) is 0.944. The van der Waals surface area contributed by atoms with Gasteiger partial charge in [0.15, 0.2) is 29.6 Å². The number of fused-ring (bicyclic) bond motifs is 1. The van der Waals surface area contributed by atoms with Crippen LogP contribution < -0.4 is 0 Å². The fourth-order valence-corrected chi connectivity index (χ4v) is 4.01. The van der Waals surface area contributed by atoms with Gasteiger partial charge < -0.3 is 37.9 Å². The molecule has 154 valence electrons. The van der Waals surface area contributed by atoms with E-state index in [0.29, 0.717) is 6.61 Å². The molecule has 6 atom stereocenters. The first kappa shape index (κ1) is 19.4. The summed E-state index contributed by atoms with van der Waals surface area (Å²) in [7, 11) is 0. The van der Waals surface area contributed by atoms with Crippen LogP contribution in [0.1, 0.15) is 41.5 Å². The number of hydrogen-bond acceptors (Lipinski definition) is 9. The van der Waals surface area contributed by atoms with Crippen molar-refractivity contribution in [3.8, 4) is 0 Å². The highest BCUT2D eigenvalue weighted by atomic mass is 16.8. The van der Waals surface area contributed by atoms with Gasteiger partial charge in [-0.15, -0.1) is 0 Å². The Morgan fingerprint density at radius 3 is 1.81 bits per heavy atom. The molecule has 0 spiro atoms. The van der Waals surface area contributed by atoms with Gasteiger partial charge in [-0.05, 0) is 41.5 Å². The molecule has 4 fully saturated rings. The highest BCUT2D eigenvalue weighted by molar-refractivity contribution is 5.61. The van der Waals surface area contributed by atoms with E-state index < -0.39 is 54.0 Å². The molecule has 4 aliphatic heterocycles. The van der Waals surface area contributed by atoms with Crippen LogP contribution >= 0.6 is 0 Å². The predicted octanol–water partition coefficient (Wildman–Crippen LogP) is 1.71. The van der Waals surface area contributed by atoms with Gasteiger partial charge in [0.25, 0.3) is 0 Å². The monoisotopic (exact) mass is 388 g/mol. The van der Waals surface area contributed by atoms with Crippen molar-refractivity contribution in [2.24, 2.45) is 0 Å². The van der Waals surface area contributed by atoms with Gasteiger partial charge in [-0.25, -0.2) is 4.79 Å². The van der Waals surface area contributed by atoms with E-state index in [9.17, 15) is 4.79 Å². The van der Waals surface area contributed by atoms with Crippen molar-refractivity contribution in [2.75, 3.05) is 13.2 Å². The molecule has 27 heavy (non-hydrogen) atoms. The normalized spacial score (nSPS) is 45.0. The molecule has 0 aliphatic carbocycles. The summed E-state index contributed by atoms with van der Waals surface area (Å²) < 4.78 is 46.4. The molecule has 4 rings (SSSR count). The molecule has 0 radical (unpaired) electrons. The summed E-state index contributed by atoms with van der Waals surface area (Å²) in [5, 5.41) is 0. The molecule has 4 saturated heterocycles. The zero-order valence-electron chi connectivity index (χ0n) is 16.6. The Hall–Kier alpha value is -0.970. The first-order chi connectivity index (χ1) is 12.4. The van der Waals surface area contributed by atoms with E-state index in [2.05, 4.69) is 0 Å². The third-order valence-corrected chi connectivity index (χ3v) is 5.07. The van der Waals surface area contributed by atoms with Gasteiger partial charge in [0.05, 0.1) is 13.2 Å². The molecule has 4 aliphatic rings. The lowest BCUT2D eigenvalue weighted by atomic mass is 9.94. The van der Waals surface area contributed by atoms with Crippen LogP contribution in [-0.4, -0.2) is 73.4 Å². The van der Waals surface area contributed by atoms with Gasteiger partial charge >= 0.3 is 6.16 Å². The minimum atomic E-state index is -0.869. The van der Waals surface area contributed by atoms with Crippen molar-refractivity contribution in [2.45, 2.75) is 95.5 Å². The Morgan fingerprint density at radius 2 is 1.15 bits per heavy atom. The third-order valence-electron chi connectivity index (χ3n) is 5.07. The summed E-state index contributed by atoms with van der Waals surface area (Å²) in [6, 6.07) is 0. The lowest BCUT2D eigenvalue weighted by Crippen LogP contribution is -2.63. The van der Waals surface area contributed by atoms with E-state index in [1.807, 2.05) is 27.7 Å². The van der Waals surface area contributed by atoms with E-state index in [1.54, 1.807) is 13.8 Å². The second-order valence-electron chi connectivity index (χ2n) is 8.71. The summed E-state index contributed by atoms with van der Waals surface area (Å²) in [5.41, 5.74) is 0. The number of hydrogen-bond donors (Lipinski definition) is 0. The Balaban J connectivity index is 1.60. The highest BCUT2D eigenvalue weighted by Gasteiger charge is 2.59. The maximum absolute atomic E-state index is 12.0. The molecular weight excluding hydrogens is 360 g/mol. The average Bonchev–Trinajstić information content (AvgIpc) is 3.05. The largest absolute Gasteiger partial charge is 0.509 e. The van der Waals surface area contributed by atoms with Crippen LogP contribution in [0, 0.1) is 0 Å². The zero-order chi connectivity index (χ0) is 19.6. The second-order valence-corrected chi connectivity index (χ2v) is 8.71. The molecule has 9 nitrogen and oxygen atoms in total. The molecule has 0 unspecified atom stereocenters. The number of carbonyl (C=O) groups excluding carboxylic acids is 1. The van der Waals surface area contributed by atoms with E-state index in [1.165, 1.54) is 0 Å². The van der Waals surface area contributed by atoms with Crippen molar-refractivity contribution in [1.82, 2.24) is 0 Å². The van der Waals surface area contributed by atoms with Crippen molar-refractivity contribution < 1.29 is 42.7 Å². The van der Waals surface area contributed by atoms with Crippen LogP contribution in [0.25, 0.3) is 0 Å². The van der Waals surface area contributed by atoms with Crippen LogP contribution in [0.3, 0.4) is 0 Å². The molecule has 0 N–H and O–H groups in total. The third kappa shape index (κ3) is 3.81. The summed E-state index contributed by atoms with van der Waals surface area (Å²) >= 11 is 0. The lowest BCUT2D eigenvalue weighted by Gasteiger charge is -2.46. The number of ether oxygens (including phenoxy) is 8. The van der Waals surface area contributed by atoms with Crippen molar-refractivity contribution in [3.05, 3.63) is 0 Å². The Kier molecular flexibility index (Phi) is 4.49. The van der Waals surface area contributed by atoms with Gasteiger partial charge in [-0.1, -0.05) is 0 Å². The van der Waals surface area contributed by atoms with E-state index >= 15 is 0 Å². The summed E-state index contributed by atoms with van der Waals surface area (Å²) in [6.45, 7) is 11.5. The summed E-state index contributed by atoms with van der Waals surface area (Å²) in [4.78, 5) is 12.0. The summed E-state index contributed by atoms with van der Waals surface area (Å²) in [6.07, 6.45) is -4.08. The Morgan fingerprint density at radius 1 is 0.630 bits per heavy atom. The van der Waals surface area contributed by atoms with Crippen molar-refractivity contribution in [1.29, 1.82) is 0 Å². The van der Waals surface area contributed by atoms with E-state index in [4.69, 9.17) is 37.9 Å². The van der Waals surface area contributed by atoms with Gasteiger partial charge in [-0.2, -0.15) is 0 Å². The van der Waals surface area contributed by atoms with E-state index in [0.717, 1.165) is 0 Å². The predicted molar refractivity (Wildman–Crippen MR) is 88.8 cm³/mol. The highest BCUT2D eigenvalue weighted by Crippen LogP contribution is 2.41.